The van der Waals surface area contributed by atoms with Crippen LogP contribution in [0.3, 0.4) is 0 Å². The molecule has 0 aromatic heterocycles. The van der Waals surface area contributed by atoms with Crippen molar-refractivity contribution in [2.75, 3.05) is 156 Å². The number of anilines is 1. The number of ether oxygens (including phenoxy) is 9. The van der Waals surface area contributed by atoms with Gasteiger partial charge in [-0.3, -0.25) is 81.7 Å². The lowest BCUT2D eigenvalue weighted by atomic mass is 9.71. The third-order valence-corrected chi connectivity index (χ3v) is 16.3. The minimum atomic E-state index is -2.32. The Kier molecular flexibility index (Phi) is 38.0. The van der Waals surface area contributed by atoms with Crippen LogP contribution in [0.15, 0.2) is 24.3 Å². The van der Waals surface area contributed by atoms with Gasteiger partial charge in [0.25, 0.3) is 0 Å². The van der Waals surface area contributed by atoms with Crippen LogP contribution in [0, 0.1) is 16.7 Å². The SMILES string of the molecule is CC(=O)C(C(=O)CCOCCOCCOCCOCCNC(=O)CCN1C(=O)CC(SC[C@H](NC(=O)COCC(=O)Nc2ccc(CCC(=O)N3CCC3=O)cc2)C(=O)NCCOCCOCCOCCOCCC(=O)C(C(C)=O)(C(C)=O)C(C)=O)C1=O)C(C)(C)C(C)=O. The molecule has 0 spiro atoms. The summed E-state index contributed by atoms with van der Waals surface area (Å²) in [4.78, 5) is 190. The van der Waals surface area contributed by atoms with Gasteiger partial charge < -0.3 is 63.9 Å². The van der Waals surface area contributed by atoms with E-state index in [2.05, 4.69) is 21.3 Å². The highest BCUT2D eigenvalue weighted by Crippen LogP contribution is 2.31. The van der Waals surface area contributed by atoms with Gasteiger partial charge >= 0.3 is 0 Å². The fourth-order valence-electron chi connectivity index (χ4n) is 9.60. The summed E-state index contributed by atoms with van der Waals surface area (Å²) in [5, 5.41) is 9.60. The van der Waals surface area contributed by atoms with E-state index in [0.717, 1.165) is 43.0 Å². The van der Waals surface area contributed by atoms with Crippen molar-refractivity contribution in [2.24, 2.45) is 16.7 Å². The van der Waals surface area contributed by atoms with E-state index >= 15 is 0 Å². The number of β-lactam (4-membered cyclic amide) rings is 1. The van der Waals surface area contributed by atoms with Gasteiger partial charge in [-0.1, -0.05) is 26.0 Å². The normalized spacial score (nSPS) is 14.6. The number of carbonyl (C=O) groups excluding carboxylic acids is 15. The van der Waals surface area contributed by atoms with Crippen molar-refractivity contribution in [2.45, 2.75) is 105 Å². The number of rotatable bonds is 54. The molecule has 2 heterocycles. The third kappa shape index (κ3) is 28.6. The Balaban J connectivity index is 1.35. The first-order valence-corrected chi connectivity index (χ1v) is 32.1. The number of benzene rings is 1. The average Bonchev–Trinajstić information content (AvgIpc) is 1.00. The summed E-state index contributed by atoms with van der Waals surface area (Å²) >= 11 is 0.958. The number of nitrogens with one attached hydrogen (secondary N) is 4. The number of hydrogen-bond donors (Lipinski definition) is 4. The van der Waals surface area contributed by atoms with Gasteiger partial charge in [0.05, 0.1) is 117 Å². The van der Waals surface area contributed by atoms with Crippen molar-refractivity contribution in [3.05, 3.63) is 29.8 Å². The van der Waals surface area contributed by atoms with E-state index in [4.69, 9.17) is 42.6 Å². The van der Waals surface area contributed by atoms with Crippen LogP contribution in [0.4, 0.5) is 5.69 Å². The summed E-state index contributed by atoms with van der Waals surface area (Å²) in [5.74, 6) is -9.46. The van der Waals surface area contributed by atoms with E-state index in [0.29, 0.717) is 25.1 Å². The number of nitrogens with zero attached hydrogens (tertiary/aromatic N) is 2. The van der Waals surface area contributed by atoms with Gasteiger partial charge in [-0.05, 0) is 58.7 Å². The molecule has 524 valence electrons. The molecule has 2 saturated heterocycles. The Labute approximate surface area is 551 Å². The molecule has 3 atom stereocenters. The molecule has 2 fully saturated rings. The number of ketones is 7. The van der Waals surface area contributed by atoms with E-state index < -0.39 is 99.8 Å². The summed E-state index contributed by atoms with van der Waals surface area (Å²) in [6, 6.07) is 5.45. The number of carbonyl (C=O) groups is 15. The quantitative estimate of drug-likeness (QED) is 0.0287. The number of aryl methyl sites for hydroxylation is 1. The number of Topliss-reactive ketones (excluding diaryl/α,β-unsaturated/α-hetero) is 7. The van der Waals surface area contributed by atoms with Crippen LogP contribution in [0.5, 0.6) is 0 Å². The Morgan fingerprint density at radius 3 is 1.52 bits per heavy atom. The van der Waals surface area contributed by atoms with E-state index in [9.17, 15) is 71.9 Å². The van der Waals surface area contributed by atoms with Crippen LogP contribution >= 0.6 is 11.8 Å². The Morgan fingerprint density at radius 1 is 0.553 bits per heavy atom. The number of imide groups is 2. The van der Waals surface area contributed by atoms with Crippen molar-refractivity contribution >= 4 is 105 Å². The highest BCUT2D eigenvalue weighted by atomic mass is 32.2. The number of thioether (sulfide) groups is 1. The number of hydrogen-bond acceptors (Lipinski definition) is 25. The smallest absolute Gasteiger partial charge is 0.250 e. The van der Waals surface area contributed by atoms with Crippen LogP contribution in [0.1, 0.15) is 92.6 Å². The second kappa shape index (κ2) is 43.9. The second-order valence-electron chi connectivity index (χ2n) is 22.4. The van der Waals surface area contributed by atoms with Crippen molar-refractivity contribution in [3.63, 3.8) is 0 Å². The highest BCUT2D eigenvalue weighted by Gasteiger charge is 2.51. The molecule has 30 nitrogen and oxygen atoms in total. The molecule has 4 N–H and O–H groups in total. The van der Waals surface area contributed by atoms with Crippen molar-refractivity contribution in [1.29, 1.82) is 0 Å². The standard InChI is InChI=1S/C63H92N6O24S/c1-42(70)59(62(6,7)43(2)71)50(75)16-22-85-26-30-89-34-36-91-32-28-87-24-18-64-53(77)14-20-69-58(82)38-51(61(69)84)94-41-49(67-55(79)40-93-39-54(78)66-48-11-8-47(9-12-48)10-13-56(80)68-21-15-57(68)81)60(83)65-19-25-88-29-33-92-37-35-90-31-27-86-23-17-52(76)63(44(3)72,45(4)73)46(5)74/h8-9,11-12,49,51,59H,10,13-41H2,1-7H3,(H,64,77)(H,65,83)(H,66,78)(H,67,79)/t49-,51?,59?/m0/s1. The molecular formula is C63H92N6O24S. The molecule has 94 heavy (non-hydrogen) atoms. The summed E-state index contributed by atoms with van der Waals surface area (Å²) in [7, 11) is 0. The van der Waals surface area contributed by atoms with Crippen LogP contribution in [-0.2, 0) is 121 Å². The number of amides is 8. The molecule has 3 rings (SSSR count). The zero-order valence-electron chi connectivity index (χ0n) is 54.9. The van der Waals surface area contributed by atoms with Gasteiger partial charge in [0.2, 0.25) is 52.7 Å². The minimum Gasteiger partial charge on any atom is -0.379 e. The minimum absolute atomic E-state index is 0.00287. The molecule has 0 saturated carbocycles. The van der Waals surface area contributed by atoms with E-state index in [-0.39, 0.29) is 192 Å². The molecular weight excluding hydrogens is 1260 g/mol. The average molecular weight is 1350 g/mol. The molecule has 0 bridgehead atoms. The van der Waals surface area contributed by atoms with Gasteiger partial charge in [0.1, 0.15) is 36.6 Å². The second-order valence-corrected chi connectivity index (χ2v) is 23.6. The lowest BCUT2D eigenvalue weighted by molar-refractivity contribution is -0.155. The van der Waals surface area contributed by atoms with Crippen molar-refractivity contribution < 1.29 is 115 Å². The molecule has 1 aromatic carbocycles. The lowest BCUT2D eigenvalue weighted by Gasteiger charge is -2.29. The first-order valence-electron chi connectivity index (χ1n) is 31.1. The molecule has 2 aliphatic heterocycles. The first-order chi connectivity index (χ1) is 44.7. The van der Waals surface area contributed by atoms with Gasteiger partial charge in [0, 0.05) is 81.6 Å². The van der Waals surface area contributed by atoms with E-state index in [1.165, 1.54) is 18.7 Å². The van der Waals surface area contributed by atoms with Crippen LogP contribution in [0.2, 0.25) is 0 Å². The van der Waals surface area contributed by atoms with Gasteiger partial charge in [0.15, 0.2) is 23.1 Å². The molecule has 31 heteroatoms. The molecule has 2 unspecified atom stereocenters. The Morgan fingerprint density at radius 2 is 1.04 bits per heavy atom. The Bertz CT molecular complexity index is 2720. The predicted molar refractivity (Wildman–Crippen MR) is 335 cm³/mol. The largest absolute Gasteiger partial charge is 0.379 e. The topological polar surface area (TPSA) is 394 Å². The molecule has 0 radical (unpaired) electrons. The Hall–Kier alpha value is -6.94. The third-order valence-electron chi connectivity index (χ3n) is 15.0. The summed E-state index contributed by atoms with van der Waals surface area (Å²) in [6.07, 6.45) is 0.186. The van der Waals surface area contributed by atoms with Gasteiger partial charge in [-0.15, -0.1) is 11.8 Å². The maximum atomic E-state index is 13.5. The summed E-state index contributed by atoms with van der Waals surface area (Å²) in [6.45, 7) is 10.6. The molecule has 2 aliphatic rings. The molecule has 0 aliphatic carbocycles. The fourth-order valence-corrected chi connectivity index (χ4v) is 10.8. The van der Waals surface area contributed by atoms with Crippen LogP contribution < -0.4 is 21.3 Å². The maximum Gasteiger partial charge on any atom is 0.250 e. The van der Waals surface area contributed by atoms with Gasteiger partial charge in [-0.25, -0.2) is 0 Å². The summed E-state index contributed by atoms with van der Waals surface area (Å²) < 4.78 is 49.0. The summed E-state index contributed by atoms with van der Waals surface area (Å²) in [5.41, 5.74) is -2.18. The van der Waals surface area contributed by atoms with Crippen LogP contribution in [-0.4, -0.2) is 260 Å². The molecule has 8 amide bonds. The first kappa shape index (κ1) is 81.3. The number of likely N-dealkylation sites (tertiary alicyclic amines) is 2. The fraction of sp³-hybridized carbons (Fsp3) is 0.667. The van der Waals surface area contributed by atoms with E-state index in [1.807, 2.05) is 0 Å². The van der Waals surface area contributed by atoms with Crippen molar-refractivity contribution in [1.82, 2.24) is 25.8 Å². The lowest BCUT2D eigenvalue weighted by Crippen LogP contribution is -2.50. The zero-order chi connectivity index (χ0) is 69.6. The predicted octanol–water partition coefficient (Wildman–Crippen LogP) is -0.0738. The molecule has 1 aromatic rings. The monoisotopic (exact) mass is 1350 g/mol. The van der Waals surface area contributed by atoms with E-state index in [1.54, 1.807) is 38.1 Å². The highest BCUT2D eigenvalue weighted by molar-refractivity contribution is 8.00. The van der Waals surface area contributed by atoms with Crippen molar-refractivity contribution in [3.8, 4) is 0 Å². The zero-order valence-corrected chi connectivity index (χ0v) is 55.7. The van der Waals surface area contributed by atoms with Crippen LogP contribution in [0.25, 0.3) is 0 Å². The van der Waals surface area contributed by atoms with Gasteiger partial charge in [-0.2, -0.15) is 0 Å². The maximum absolute atomic E-state index is 13.5.